The maximum Gasteiger partial charge on any atom is 0.335 e. The first-order chi connectivity index (χ1) is 18.1. The minimum atomic E-state index is -0.955. The highest BCUT2D eigenvalue weighted by molar-refractivity contribution is 5.88. The van der Waals surface area contributed by atoms with Gasteiger partial charge in [0.15, 0.2) is 0 Å². The van der Waals surface area contributed by atoms with E-state index < -0.39 is 5.97 Å². The summed E-state index contributed by atoms with van der Waals surface area (Å²) in [4.78, 5) is 16.0. The van der Waals surface area contributed by atoms with Gasteiger partial charge in [0.2, 0.25) is 0 Å². The molecule has 178 valence electrons. The Morgan fingerprint density at radius 3 is 2.03 bits per heavy atom. The van der Waals surface area contributed by atoms with E-state index in [2.05, 4.69) is 6.07 Å². The first-order valence-electron chi connectivity index (χ1n) is 11.7. The van der Waals surface area contributed by atoms with Gasteiger partial charge in [-0.15, -0.1) is 0 Å². The summed E-state index contributed by atoms with van der Waals surface area (Å²) in [6.45, 7) is 0.404. The summed E-state index contributed by atoms with van der Waals surface area (Å²) in [5.41, 5.74) is 7.29. The molecule has 1 N–H and O–H groups in total. The van der Waals surface area contributed by atoms with Gasteiger partial charge in [0, 0.05) is 11.1 Å². The lowest BCUT2D eigenvalue weighted by molar-refractivity contribution is 0.0697. The Bertz CT molecular complexity index is 1580. The van der Waals surface area contributed by atoms with Crippen molar-refractivity contribution in [2.45, 2.75) is 6.61 Å². The van der Waals surface area contributed by atoms with Crippen LogP contribution >= 0.6 is 0 Å². The Labute approximate surface area is 214 Å². The van der Waals surface area contributed by atoms with Gasteiger partial charge in [-0.05, 0) is 65.2 Å². The largest absolute Gasteiger partial charge is 0.488 e. The lowest BCUT2D eigenvalue weighted by Gasteiger charge is -2.13. The molecule has 1 heterocycles. The van der Waals surface area contributed by atoms with E-state index >= 15 is 0 Å². The van der Waals surface area contributed by atoms with Crippen LogP contribution in [0.2, 0.25) is 0 Å². The van der Waals surface area contributed by atoms with E-state index in [-0.39, 0.29) is 5.56 Å². The summed E-state index contributed by atoms with van der Waals surface area (Å²) in [6.07, 6.45) is 0. The Balaban J connectivity index is 1.33. The van der Waals surface area contributed by atoms with E-state index in [1.54, 1.807) is 24.3 Å². The second-order valence-electron chi connectivity index (χ2n) is 8.46. The quantitative estimate of drug-likeness (QED) is 0.264. The van der Waals surface area contributed by atoms with Gasteiger partial charge in [-0.2, -0.15) is 5.26 Å². The molecule has 37 heavy (non-hydrogen) atoms. The number of nitriles is 1. The highest BCUT2D eigenvalue weighted by Gasteiger charge is 2.10. The predicted molar refractivity (Wildman–Crippen MR) is 143 cm³/mol. The van der Waals surface area contributed by atoms with E-state index in [0.717, 1.165) is 45.0 Å². The van der Waals surface area contributed by atoms with E-state index in [1.165, 1.54) is 0 Å². The van der Waals surface area contributed by atoms with Crippen molar-refractivity contribution in [2.75, 3.05) is 0 Å². The molecule has 0 amide bonds. The Hall–Kier alpha value is -5.21. The fourth-order valence-electron chi connectivity index (χ4n) is 4.02. The lowest BCUT2D eigenvalue weighted by Crippen LogP contribution is -1.98. The molecule has 5 aromatic rings. The number of aromatic carboxylic acids is 1. The van der Waals surface area contributed by atoms with Crippen LogP contribution in [0, 0.1) is 11.3 Å². The average molecular weight is 483 g/mol. The van der Waals surface area contributed by atoms with Crippen LogP contribution in [0.25, 0.3) is 33.6 Å². The van der Waals surface area contributed by atoms with Crippen molar-refractivity contribution in [1.29, 1.82) is 5.26 Å². The predicted octanol–water partition coefficient (Wildman–Crippen LogP) is 7.23. The van der Waals surface area contributed by atoms with E-state index in [4.69, 9.17) is 20.1 Å². The normalized spacial score (nSPS) is 10.5. The maximum atomic E-state index is 11.2. The molecule has 0 aliphatic heterocycles. The number of carboxylic acid groups (broad SMARTS) is 1. The van der Waals surface area contributed by atoms with Gasteiger partial charge in [0.1, 0.15) is 12.4 Å². The number of nitrogens with zero attached hydrogens (tertiary/aromatic N) is 2. The minimum Gasteiger partial charge on any atom is -0.488 e. The molecule has 0 saturated heterocycles. The number of hydrogen-bond acceptors (Lipinski definition) is 4. The van der Waals surface area contributed by atoms with Crippen LogP contribution in [0.15, 0.2) is 115 Å². The Morgan fingerprint density at radius 2 is 1.35 bits per heavy atom. The molecular formula is C32H22N2O3. The van der Waals surface area contributed by atoms with E-state index in [9.17, 15) is 4.79 Å². The van der Waals surface area contributed by atoms with Crippen molar-refractivity contribution >= 4 is 5.97 Å². The zero-order valence-corrected chi connectivity index (χ0v) is 19.8. The minimum absolute atomic E-state index is 0.239. The molecule has 0 saturated carbocycles. The summed E-state index contributed by atoms with van der Waals surface area (Å²) >= 11 is 0. The smallest absolute Gasteiger partial charge is 0.335 e. The molecule has 0 unspecified atom stereocenters. The Kier molecular flexibility index (Phi) is 6.74. The molecule has 5 heteroatoms. The molecule has 0 spiro atoms. The number of carbonyl (C=O) groups is 1. The molecule has 0 atom stereocenters. The molecule has 0 aliphatic carbocycles. The van der Waals surface area contributed by atoms with Crippen molar-refractivity contribution < 1.29 is 14.6 Å². The molecule has 0 aliphatic rings. The number of rotatable bonds is 7. The SMILES string of the molecule is N#Cc1ccc(-c2ccc(COc3ccccc3-c3cccc(-c4ccc(C(=O)O)cc4)n3)cc2)cc1. The first kappa shape index (κ1) is 23.5. The Morgan fingerprint density at radius 1 is 0.730 bits per heavy atom. The fourth-order valence-corrected chi connectivity index (χ4v) is 4.02. The molecule has 5 rings (SSSR count). The molecule has 0 fully saturated rings. The molecule has 1 aromatic heterocycles. The number of carboxylic acids is 1. The topological polar surface area (TPSA) is 83.2 Å². The van der Waals surface area contributed by atoms with Crippen LogP contribution in [0.4, 0.5) is 0 Å². The van der Waals surface area contributed by atoms with Crippen molar-refractivity contribution in [3.05, 3.63) is 132 Å². The lowest BCUT2D eigenvalue weighted by atomic mass is 10.0. The van der Waals surface area contributed by atoms with Crippen LogP contribution in [0.1, 0.15) is 21.5 Å². The average Bonchev–Trinajstić information content (AvgIpc) is 2.97. The number of aromatic nitrogens is 1. The third kappa shape index (κ3) is 5.39. The highest BCUT2D eigenvalue weighted by Crippen LogP contribution is 2.31. The summed E-state index contributed by atoms with van der Waals surface area (Å²) < 4.78 is 6.20. The van der Waals surface area contributed by atoms with Crippen LogP contribution in [0.5, 0.6) is 5.75 Å². The van der Waals surface area contributed by atoms with Crippen molar-refractivity contribution in [2.24, 2.45) is 0 Å². The van der Waals surface area contributed by atoms with Crippen molar-refractivity contribution in [3.8, 4) is 45.5 Å². The number of ether oxygens (including phenoxy) is 1. The van der Waals surface area contributed by atoms with Gasteiger partial charge in [-0.3, -0.25) is 0 Å². The zero-order valence-electron chi connectivity index (χ0n) is 19.8. The molecule has 0 radical (unpaired) electrons. The second-order valence-corrected chi connectivity index (χ2v) is 8.46. The second kappa shape index (κ2) is 10.6. The summed E-state index contributed by atoms with van der Waals surface area (Å²) in [5.74, 6) is -0.229. The van der Waals surface area contributed by atoms with Gasteiger partial charge in [-0.1, -0.05) is 66.7 Å². The highest BCUT2D eigenvalue weighted by atomic mass is 16.5. The molecular weight excluding hydrogens is 460 g/mol. The van der Waals surface area contributed by atoms with Gasteiger partial charge < -0.3 is 9.84 Å². The summed E-state index contributed by atoms with van der Waals surface area (Å²) in [7, 11) is 0. The molecule has 0 bridgehead atoms. The van der Waals surface area contributed by atoms with Crippen LogP contribution in [-0.4, -0.2) is 16.1 Å². The van der Waals surface area contributed by atoms with Crippen LogP contribution in [-0.2, 0) is 6.61 Å². The number of para-hydroxylation sites is 1. The van der Waals surface area contributed by atoms with Gasteiger partial charge in [0.25, 0.3) is 0 Å². The van der Waals surface area contributed by atoms with Crippen molar-refractivity contribution in [1.82, 2.24) is 4.98 Å². The van der Waals surface area contributed by atoms with Gasteiger partial charge >= 0.3 is 5.97 Å². The summed E-state index contributed by atoms with van der Waals surface area (Å²) in [5, 5.41) is 18.1. The fraction of sp³-hybridized carbons (Fsp3) is 0.0312. The monoisotopic (exact) mass is 482 g/mol. The van der Waals surface area contributed by atoms with Crippen LogP contribution < -0.4 is 4.74 Å². The molecule has 4 aromatic carbocycles. The number of hydrogen-bond donors (Lipinski definition) is 1. The zero-order chi connectivity index (χ0) is 25.6. The van der Waals surface area contributed by atoms with E-state index in [0.29, 0.717) is 12.2 Å². The standard InChI is InChI=1S/C32H22N2O3/c33-20-22-8-12-24(13-9-22)25-14-10-23(11-15-25)21-37-31-7-2-1-4-28(31)30-6-3-5-29(34-30)26-16-18-27(19-17-26)32(35)36/h1-19H,21H2,(H,35,36). The third-order valence-corrected chi connectivity index (χ3v) is 6.04. The van der Waals surface area contributed by atoms with Gasteiger partial charge in [-0.25, -0.2) is 9.78 Å². The third-order valence-electron chi connectivity index (χ3n) is 6.04. The summed E-state index contributed by atoms with van der Waals surface area (Å²) in [6, 6.07) is 38.1. The van der Waals surface area contributed by atoms with E-state index in [1.807, 2.05) is 91.0 Å². The first-order valence-corrected chi connectivity index (χ1v) is 11.7. The number of benzene rings is 4. The molecule has 5 nitrogen and oxygen atoms in total. The van der Waals surface area contributed by atoms with Gasteiger partial charge in [0.05, 0.1) is 28.6 Å². The van der Waals surface area contributed by atoms with Crippen LogP contribution in [0.3, 0.4) is 0 Å². The van der Waals surface area contributed by atoms with Crippen molar-refractivity contribution in [3.63, 3.8) is 0 Å². The maximum absolute atomic E-state index is 11.2. The number of pyridine rings is 1.